The fourth-order valence-electron chi connectivity index (χ4n) is 1.73. The van der Waals surface area contributed by atoms with Crippen LogP contribution >= 0.6 is 0 Å². The van der Waals surface area contributed by atoms with Crippen molar-refractivity contribution in [1.29, 1.82) is 0 Å². The van der Waals surface area contributed by atoms with Gasteiger partial charge >= 0.3 is 5.97 Å². The third kappa shape index (κ3) is 7.46. The van der Waals surface area contributed by atoms with Gasteiger partial charge in [-0.25, -0.2) is 0 Å². The molecule has 0 bridgehead atoms. The molecule has 1 aromatic rings. The third-order valence-electron chi connectivity index (χ3n) is 3.08. The minimum Gasteiger partial charge on any atom is -0.461 e. The fourth-order valence-corrected chi connectivity index (χ4v) is 1.73. The number of hydrogen-bond donors (Lipinski definition) is 1. The highest BCUT2D eigenvalue weighted by molar-refractivity contribution is 5.79. The molecule has 1 aromatic carbocycles. The van der Waals surface area contributed by atoms with Gasteiger partial charge in [-0.15, -0.1) is 0 Å². The minimum absolute atomic E-state index is 0.0668. The van der Waals surface area contributed by atoms with E-state index in [0.29, 0.717) is 19.6 Å². The summed E-state index contributed by atoms with van der Waals surface area (Å²) in [6, 6.07) is 9.51. The van der Waals surface area contributed by atoms with E-state index < -0.39 is 0 Å². The zero-order valence-electron chi connectivity index (χ0n) is 12.6. The molecule has 1 amide bonds. The van der Waals surface area contributed by atoms with E-state index in [1.807, 2.05) is 30.3 Å². The number of nitrogens with one attached hydrogen (secondary N) is 1. The lowest BCUT2D eigenvalue weighted by Crippen LogP contribution is -2.32. The van der Waals surface area contributed by atoms with E-state index in [1.54, 1.807) is 14.0 Å². The monoisotopic (exact) mass is 293 g/mol. The summed E-state index contributed by atoms with van der Waals surface area (Å²) in [5.74, 6) is -0.565. The maximum atomic E-state index is 11.7. The van der Waals surface area contributed by atoms with Crippen LogP contribution in [0.2, 0.25) is 0 Å². The van der Waals surface area contributed by atoms with Crippen molar-refractivity contribution in [3.05, 3.63) is 35.9 Å². The SMILES string of the molecule is COCCNC(=O)C(C)CCC(=O)OCc1ccccc1. The lowest BCUT2D eigenvalue weighted by atomic mass is 10.1. The Labute approximate surface area is 125 Å². The van der Waals surface area contributed by atoms with Crippen LogP contribution in [-0.2, 0) is 25.7 Å². The lowest BCUT2D eigenvalue weighted by Gasteiger charge is -2.11. The summed E-state index contributed by atoms with van der Waals surface area (Å²) >= 11 is 0. The van der Waals surface area contributed by atoms with Crippen molar-refractivity contribution in [3.63, 3.8) is 0 Å². The average molecular weight is 293 g/mol. The van der Waals surface area contributed by atoms with Gasteiger partial charge in [0.15, 0.2) is 0 Å². The Kier molecular flexibility index (Phi) is 8.12. The van der Waals surface area contributed by atoms with Crippen LogP contribution in [0.4, 0.5) is 0 Å². The quantitative estimate of drug-likeness (QED) is 0.558. The van der Waals surface area contributed by atoms with Crippen LogP contribution in [-0.4, -0.2) is 32.1 Å². The van der Waals surface area contributed by atoms with E-state index in [-0.39, 0.29) is 30.8 Å². The maximum absolute atomic E-state index is 11.7. The first-order valence-corrected chi connectivity index (χ1v) is 7.09. The van der Waals surface area contributed by atoms with Crippen molar-refractivity contribution in [3.8, 4) is 0 Å². The molecule has 1 unspecified atom stereocenters. The second kappa shape index (κ2) is 9.94. The maximum Gasteiger partial charge on any atom is 0.306 e. The Morgan fingerprint density at radius 3 is 2.62 bits per heavy atom. The van der Waals surface area contributed by atoms with Crippen molar-refractivity contribution in [1.82, 2.24) is 5.32 Å². The van der Waals surface area contributed by atoms with Crippen molar-refractivity contribution in [2.75, 3.05) is 20.3 Å². The van der Waals surface area contributed by atoms with Crippen molar-refractivity contribution in [2.24, 2.45) is 5.92 Å². The zero-order valence-corrected chi connectivity index (χ0v) is 12.6. The van der Waals surface area contributed by atoms with Gasteiger partial charge in [-0.3, -0.25) is 9.59 Å². The first-order valence-electron chi connectivity index (χ1n) is 7.09. The van der Waals surface area contributed by atoms with Crippen molar-refractivity contribution < 1.29 is 19.1 Å². The molecule has 0 saturated carbocycles. The topological polar surface area (TPSA) is 64.6 Å². The van der Waals surface area contributed by atoms with E-state index in [1.165, 1.54) is 0 Å². The number of methoxy groups -OCH3 is 1. The van der Waals surface area contributed by atoms with E-state index in [2.05, 4.69) is 5.32 Å². The van der Waals surface area contributed by atoms with Gasteiger partial charge in [0.25, 0.3) is 0 Å². The Balaban J connectivity index is 2.18. The highest BCUT2D eigenvalue weighted by atomic mass is 16.5. The van der Waals surface area contributed by atoms with Gasteiger partial charge < -0.3 is 14.8 Å². The molecule has 0 saturated heterocycles. The number of hydrogen-bond acceptors (Lipinski definition) is 4. The van der Waals surface area contributed by atoms with Crippen LogP contribution < -0.4 is 5.32 Å². The third-order valence-corrected chi connectivity index (χ3v) is 3.08. The van der Waals surface area contributed by atoms with E-state index in [4.69, 9.17) is 9.47 Å². The van der Waals surface area contributed by atoms with E-state index in [9.17, 15) is 9.59 Å². The Morgan fingerprint density at radius 2 is 1.95 bits per heavy atom. The first kappa shape index (κ1) is 17.2. The smallest absolute Gasteiger partial charge is 0.306 e. The first-order chi connectivity index (χ1) is 10.1. The number of benzene rings is 1. The summed E-state index contributed by atoms with van der Waals surface area (Å²) in [7, 11) is 1.58. The van der Waals surface area contributed by atoms with Crippen molar-refractivity contribution in [2.45, 2.75) is 26.4 Å². The van der Waals surface area contributed by atoms with Crippen LogP contribution in [0.3, 0.4) is 0 Å². The molecule has 1 atom stereocenters. The number of rotatable bonds is 9. The van der Waals surface area contributed by atoms with Gasteiger partial charge in [-0.1, -0.05) is 37.3 Å². The predicted molar refractivity (Wildman–Crippen MR) is 79.5 cm³/mol. The molecule has 0 fully saturated rings. The van der Waals surface area contributed by atoms with Gasteiger partial charge in [0.2, 0.25) is 5.91 Å². The summed E-state index contributed by atoms with van der Waals surface area (Å²) in [5.41, 5.74) is 0.955. The second-order valence-electron chi connectivity index (χ2n) is 4.87. The van der Waals surface area contributed by atoms with Gasteiger partial charge in [-0.05, 0) is 12.0 Å². The average Bonchev–Trinajstić information content (AvgIpc) is 2.51. The summed E-state index contributed by atoms with van der Waals surface area (Å²) in [6.07, 6.45) is 0.720. The molecule has 1 rings (SSSR count). The predicted octanol–water partition coefficient (Wildman–Crippen LogP) is 1.91. The lowest BCUT2D eigenvalue weighted by molar-refractivity contribution is -0.145. The number of carbonyl (C=O) groups excluding carboxylic acids is 2. The number of ether oxygens (including phenoxy) is 2. The Morgan fingerprint density at radius 1 is 1.24 bits per heavy atom. The largest absolute Gasteiger partial charge is 0.461 e. The molecule has 5 nitrogen and oxygen atoms in total. The summed E-state index contributed by atoms with van der Waals surface area (Å²) < 4.78 is 10.0. The molecular weight excluding hydrogens is 270 g/mol. The molecule has 0 aliphatic carbocycles. The molecular formula is C16H23NO4. The molecule has 21 heavy (non-hydrogen) atoms. The van der Waals surface area contributed by atoms with Crippen LogP contribution in [0, 0.1) is 5.92 Å². The molecule has 0 aliphatic heterocycles. The van der Waals surface area contributed by atoms with Gasteiger partial charge in [0.05, 0.1) is 6.61 Å². The van der Waals surface area contributed by atoms with E-state index >= 15 is 0 Å². The zero-order chi connectivity index (χ0) is 15.5. The molecule has 0 heterocycles. The molecule has 0 spiro atoms. The molecule has 1 N–H and O–H groups in total. The normalized spacial score (nSPS) is 11.7. The van der Waals surface area contributed by atoms with Crippen LogP contribution in [0.25, 0.3) is 0 Å². The van der Waals surface area contributed by atoms with Crippen molar-refractivity contribution >= 4 is 11.9 Å². The number of carbonyl (C=O) groups is 2. The van der Waals surface area contributed by atoms with Crippen LogP contribution in [0.1, 0.15) is 25.3 Å². The molecule has 0 aliphatic rings. The molecule has 116 valence electrons. The molecule has 0 radical (unpaired) electrons. The Hall–Kier alpha value is -1.88. The van der Waals surface area contributed by atoms with Gasteiger partial charge in [-0.2, -0.15) is 0 Å². The van der Waals surface area contributed by atoms with Crippen LogP contribution in [0.15, 0.2) is 30.3 Å². The van der Waals surface area contributed by atoms with Gasteiger partial charge in [0, 0.05) is 26.0 Å². The minimum atomic E-state index is -0.282. The Bertz CT molecular complexity index is 433. The van der Waals surface area contributed by atoms with E-state index in [0.717, 1.165) is 5.56 Å². The van der Waals surface area contributed by atoms with Crippen LogP contribution in [0.5, 0.6) is 0 Å². The number of esters is 1. The van der Waals surface area contributed by atoms with Gasteiger partial charge in [0.1, 0.15) is 6.61 Å². The fraction of sp³-hybridized carbons (Fsp3) is 0.500. The summed E-state index contributed by atoms with van der Waals surface area (Å²) in [6.45, 7) is 3.04. The molecule has 0 aromatic heterocycles. The summed E-state index contributed by atoms with van der Waals surface area (Å²) in [5, 5.41) is 2.75. The standard InChI is InChI=1S/C16H23NO4/c1-13(16(19)17-10-11-20-2)8-9-15(18)21-12-14-6-4-3-5-7-14/h3-7,13H,8-12H2,1-2H3,(H,17,19). The molecule has 5 heteroatoms. The summed E-state index contributed by atoms with van der Waals surface area (Å²) in [4.78, 5) is 23.3. The highest BCUT2D eigenvalue weighted by Gasteiger charge is 2.14. The number of amides is 1. The highest BCUT2D eigenvalue weighted by Crippen LogP contribution is 2.08. The second-order valence-corrected chi connectivity index (χ2v) is 4.87.